The van der Waals surface area contributed by atoms with Gasteiger partial charge in [-0.3, -0.25) is 9.78 Å². The highest BCUT2D eigenvalue weighted by Crippen LogP contribution is 2.10. The van der Waals surface area contributed by atoms with Crippen LogP contribution in [0.1, 0.15) is 42.7 Å². The van der Waals surface area contributed by atoms with Gasteiger partial charge in [-0.2, -0.15) is 0 Å². The maximum atomic E-state index is 12.7. The smallest absolute Gasteiger partial charge is 0.272 e. The van der Waals surface area contributed by atoms with Crippen LogP contribution in [0.4, 0.5) is 5.95 Å². The Hall–Kier alpha value is -2.50. The molecule has 0 aliphatic rings. The molecule has 0 atom stereocenters. The molecule has 134 valence electrons. The fourth-order valence-corrected chi connectivity index (χ4v) is 2.61. The van der Waals surface area contributed by atoms with Crippen molar-refractivity contribution in [3.63, 3.8) is 0 Å². The van der Waals surface area contributed by atoms with E-state index in [1.807, 2.05) is 29.0 Å². The largest absolute Gasteiger partial charge is 0.344 e. The molecule has 0 unspecified atom stereocenters. The first-order valence-corrected chi connectivity index (χ1v) is 8.88. The molecule has 0 saturated carbocycles. The minimum absolute atomic E-state index is 0.0186. The van der Waals surface area contributed by atoms with Gasteiger partial charge in [-0.1, -0.05) is 13.8 Å². The molecule has 25 heavy (non-hydrogen) atoms. The van der Waals surface area contributed by atoms with Gasteiger partial charge in [-0.05, 0) is 43.0 Å². The molecule has 0 fully saturated rings. The van der Waals surface area contributed by atoms with Crippen molar-refractivity contribution in [2.45, 2.75) is 33.1 Å². The van der Waals surface area contributed by atoms with E-state index < -0.39 is 0 Å². The van der Waals surface area contributed by atoms with Crippen molar-refractivity contribution in [1.29, 1.82) is 0 Å². The quantitative estimate of drug-likeness (QED) is 0.702. The van der Waals surface area contributed by atoms with Gasteiger partial charge >= 0.3 is 0 Å². The zero-order valence-corrected chi connectivity index (χ0v) is 15.4. The summed E-state index contributed by atoms with van der Waals surface area (Å²) in [6, 6.07) is 5.70. The summed E-state index contributed by atoms with van der Waals surface area (Å²) in [5.74, 6) is 0.558. The fourth-order valence-electron chi connectivity index (χ4n) is 2.61. The van der Waals surface area contributed by atoms with Crippen LogP contribution in [-0.2, 0) is 6.42 Å². The lowest BCUT2D eigenvalue weighted by Crippen LogP contribution is -2.33. The Bertz CT molecular complexity index is 656. The van der Waals surface area contributed by atoms with E-state index >= 15 is 0 Å². The number of carbonyl (C=O) groups is 1. The highest BCUT2D eigenvalue weighted by atomic mass is 16.2. The summed E-state index contributed by atoms with van der Waals surface area (Å²) in [6.07, 6.45) is 8.00. The van der Waals surface area contributed by atoms with Crippen LogP contribution in [0.15, 0.2) is 36.8 Å². The van der Waals surface area contributed by atoms with Gasteiger partial charge in [0.1, 0.15) is 5.69 Å². The zero-order chi connectivity index (χ0) is 18.1. The standard InChI is InChI=1S/C19H27N5O/c1-4-13-24(14-5-2)18(25)17-8-12-21-19(22-17)23(3)15-9-16-6-10-20-11-7-16/h6-8,10-12H,4-5,9,13-15H2,1-3H3. The summed E-state index contributed by atoms with van der Waals surface area (Å²) in [5.41, 5.74) is 1.67. The van der Waals surface area contributed by atoms with E-state index in [0.717, 1.165) is 38.9 Å². The number of nitrogens with zero attached hydrogens (tertiary/aromatic N) is 5. The van der Waals surface area contributed by atoms with Gasteiger partial charge in [-0.15, -0.1) is 0 Å². The van der Waals surface area contributed by atoms with Crippen molar-refractivity contribution in [3.05, 3.63) is 48.0 Å². The van der Waals surface area contributed by atoms with Crippen LogP contribution in [-0.4, -0.2) is 52.4 Å². The zero-order valence-electron chi connectivity index (χ0n) is 15.4. The lowest BCUT2D eigenvalue weighted by Gasteiger charge is -2.22. The topological polar surface area (TPSA) is 62.2 Å². The minimum atomic E-state index is -0.0186. The van der Waals surface area contributed by atoms with Gasteiger partial charge in [0.15, 0.2) is 0 Å². The number of amides is 1. The summed E-state index contributed by atoms with van der Waals surface area (Å²) >= 11 is 0. The Balaban J connectivity index is 2.05. The van der Waals surface area contributed by atoms with Gasteiger partial charge in [-0.25, -0.2) is 9.97 Å². The molecule has 0 N–H and O–H groups in total. The molecule has 2 aromatic heterocycles. The van der Waals surface area contributed by atoms with Crippen molar-refractivity contribution >= 4 is 11.9 Å². The van der Waals surface area contributed by atoms with Crippen LogP contribution in [0.25, 0.3) is 0 Å². The summed E-state index contributed by atoms with van der Waals surface area (Å²) in [6.45, 7) is 6.44. The molecule has 0 saturated heterocycles. The van der Waals surface area contributed by atoms with Crippen molar-refractivity contribution < 1.29 is 4.79 Å². The van der Waals surface area contributed by atoms with E-state index in [4.69, 9.17) is 0 Å². The van der Waals surface area contributed by atoms with E-state index in [0.29, 0.717) is 11.6 Å². The number of hydrogen-bond donors (Lipinski definition) is 0. The predicted molar refractivity (Wildman–Crippen MR) is 99.7 cm³/mol. The van der Waals surface area contributed by atoms with Gasteiger partial charge in [0.25, 0.3) is 5.91 Å². The van der Waals surface area contributed by atoms with Crippen molar-refractivity contribution in [1.82, 2.24) is 19.9 Å². The first kappa shape index (κ1) is 18.8. The van der Waals surface area contributed by atoms with Crippen LogP contribution < -0.4 is 4.90 Å². The highest BCUT2D eigenvalue weighted by Gasteiger charge is 2.17. The second-order valence-corrected chi connectivity index (χ2v) is 6.06. The second kappa shape index (κ2) is 9.71. The molecule has 2 rings (SSSR count). The number of anilines is 1. The van der Waals surface area contributed by atoms with Crippen LogP contribution >= 0.6 is 0 Å². The van der Waals surface area contributed by atoms with E-state index in [1.54, 1.807) is 24.7 Å². The monoisotopic (exact) mass is 341 g/mol. The predicted octanol–water partition coefficient (Wildman–Crippen LogP) is 2.81. The fraction of sp³-hybridized carbons (Fsp3) is 0.474. The summed E-state index contributed by atoms with van der Waals surface area (Å²) in [4.78, 5) is 29.4. The summed E-state index contributed by atoms with van der Waals surface area (Å²) in [7, 11) is 1.95. The van der Waals surface area contributed by atoms with Crippen LogP contribution in [0, 0.1) is 0 Å². The Morgan fingerprint density at radius 2 is 1.68 bits per heavy atom. The molecule has 0 aliphatic heterocycles. The first-order chi connectivity index (χ1) is 12.2. The second-order valence-electron chi connectivity index (χ2n) is 6.06. The lowest BCUT2D eigenvalue weighted by atomic mass is 10.2. The Kier molecular flexibility index (Phi) is 7.32. The highest BCUT2D eigenvalue weighted by molar-refractivity contribution is 5.92. The van der Waals surface area contributed by atoms with Crippen LogP contribution in [0.3, 0.4) is 0 Å². The molecule has 2 aromatic rings. The molecule has 0 radical (unpaired) electrons. The van der Waals surface area contributed by atoms with Gasteiger partial charge in [0.2, 0.25) is 5.95 Å². The number of likely N-dealkylation sites (N-methyl/N-ethyl adjacent to an activating group) is 1. The molecule has 2 heterocycles. The van der Waals surface area contributed by atoms with E-state index in [9.17, 15) is 4.79 Å². The van der Waals surface area contributed by atoms with Crippen LogP contribution in [0.5, 0.6) is 0 Å². The number of carbonyl (C=O) groups excluding carboxylic acids is 1. The molecule has 0 spiro atoms. The normalized spacial score (nSPS) is 10.5. The maximum Gasteiger partial charge on any atom is 0.272 e. The summed E-state index contributed by atoms with van der Waals surface area (Å²) < 4.78 is 0. The molecular weight excluding hydrogens is 314 g/mol. The molecule has 1 amide bonds. The maximum absolute atomic E-state index is 12.7. The third kappa shape index (κ3) is 5.52. The number of pyridine rings is 1. The molecule has 0 aliphatic carbocycles. The van der Waals surface area contributed by atoms with Gasteiger partial charge in [0.05, 0.1) is 0 Å². The Labute approximate surface area is 149 Å². The van der Waals surface area contributed by atoms with Crippen molar-refractivity contribution in [3.8, 4) is 0 Å². The first-order valence-electron chi connectivity index (χ1n) is 8.88. The number of rotatable bonds is 9. The number of aromatic nitrogens is 3. The van der Waals surface area contributed by atoms with Crippen molar-refractivity contribution in [2.24, 2.45) is 0 Å². The lowest BCUT2D eigenvalue weighted by molar-refractivity contribution is 0.0749. The third-order valence-electron chi connectivity index (χ3n) is 3.96. The van der Waals surface area contributed by atoms with Gasteiger partial charge < -0.3 is 9.80 Å². The minimum Gasteiger partial charge on any atom is -0.344 e. The van der Waals surface area contributed by atoms with E-state index in [1.165, 1.54) is 5.56 Å². The Morgan fingerprint density at radius 3 is 2.32 bits per heavy atom. The van der Waals surface area contributed by atoms with Gasteiger partial charge in [0, 0.05) is 45.3 Å². The molecular formula is C19H27N5O. The van der Waals surface area contributed by atoms with Crippen LogP contribution in [0.2, 0.25) is 0 Å². The Morgan fingerprint density at radius 1 is 1.00 bits per heavy atom. The average Bonchev–Trinajstić information content (AvgIpc) is 2.66. The molecule has 6 nitrogen and oxygen atoms in total. The van der Waals surface area contributed by atoms with E-state index in [2.05, 4.69) is 28.8 Å². The SMILES string of the molecule is CCCN(CCC)C(=O)c1ccnc(N(C)CCc2ccncc2)n1. The molecule has 6 heteroatoms. The molecule has 0 aromatic carbocycles. The van der Waals surface area contributed by atoms with E-state index in [-0.39, 0.29) is 5.91 Å². The molecule has 0 bridgehead atoms. The summed E-state index contributed by atoms with van der Waals surface area (Å²) in [5, 5.41) is 0. The number of hydrogen-bond acceptors (Lipinski definition) is 5. The third-order valence-corrected chi connectivity index (χ3v) is 3.96. The van der Waals surface area contributed by atoms with Crippen molar-refractivity contribution in [2.75, 3.05) is 31.6 Å². The average molecular weight is 341 g/mol.